The van der Waals surface area contributed by atoms with Crippen LogP contribution in [0.3, 0.4) is 0 Å². The molecule has 0 saturated carbocycles. The molecule has 1 aliphatic rings. The normalized spacial score (nSPS) is 15.0. The molecule has 6 heteroatoms. The summed E-state index contributed by atoms with van der Waals surface area (Å²) in [5.41, 5.74) is 5.97. The SMILES string of the molecule is CCOC(=O)c1cnc(N2CCCC2)nc1N. The number of ether oxygens (including phenoxy) is 1. The Kier molecular flexibility index (Phi) is 3.41. The highest BCUT2D eigenvalue weighted by Crippen LogP contribution is 2.18. The molecular formula is C11H16N4O2. The van der Waals surface area contributed by atoms with Gasteiger partial charge >= 0.3 is 5.97 Å². The van der Waals surface area contributed by atoms with E-state index in [0.29, 0.717) is 12.6 Å². The summed E-state index contributed by atoms with van der Waals surface area (Å²) in [6.07, 6.45) is 3.72. The molecule has 0 aliphatic carbocycles. The van der Waals surface area contributed by atoms with Crippen molar-refractivity contribution in [3.05, 3.63) is 11.8 Å². The number of rotatable bonds is 3. The fraction of sp³-hybridized carbons (Fsp3) is 0.545. The van der Waals surface area contributed by atoms with Crippen LogP contribution in [0.2, 0.25) is 0 Å². The first-order valence-electron chi connectivity index (χ1n) is 5.77. The summed E-state index contributed by atoms with van der Waals surface area (Å²) in [5, 5.41) is 0. The molecule has 6 nitrogen and oxygen atoms in total. The van der Waals surface area contributed by atoms with Crippen LogP contribution >= 0.6 is 0 Å². The van der Waals surface area contributed by atoms with Gasteiger partial charge in [-0.1, -0.05) is 0 Å². The molecular weight excluding hydrogens is 220 g/mol. The maximum absolute atomic E-state index is 11.5. The lowest BCUT2D eigenvalue weighted by atomic mass is 10.3. The first-order chi connectivity index (χ1) is 8.22. The third-order valence-corrected chi connectivity index (χ3v) is 2.69. The van der Waals surface area contributed by atoms with Crippen molar-refractivity contribution in [2.75, 3.05) is 30.3 Å². The van der Waals surface area contributed by atoms with Crippen LogP contribution in [0.1, 0.15) is 30.1 Å². The highest BCUT2D eigenvalue weighted by molar-refractivity contribution is 5.93. The summed E-state index contributed by atoms with van der Waals surface area (Å²) < 4.78 is 4.86. The standard InChI is InChI=1S/C11H16N4O2/c1-2-17-10(16)8-7-13-11(14-9(8)12)15-5-3-4-6-15/h7H,2-6H2,1H3,(H2,12,13,14). The number of nitrogens with zero attached hydrogens (tertiary/aromatic N) is 3. The van der Waals surface area contributed by atoms with Crippen molar-refractivity contribution in [3.8, 4) is 0 Å². The zero-order chi connectivity index (χ0) is 12.3. The first-order valence-corrected chi connectivity index (χ1v) is 5.77. The number of carbonyl (C=O) groups is 1. The van der Waals surface area contributed by atoms with Crippen LogP contribution in [0.25, 0.3) is 0 Å². The second kappa shape index (κ2) is 4.99. The van der Waals surface area contributed by atoms with Crippen LogP contribution in [0, 0.1) is 0 Å². The molecule has 0 atom stereocenters. The molecule has 0 amide bonds. The average Bonchev–Trinajstić information content (AvgIpc) is 2.82. The number of esters is 1. The van der Waals surface area contributed by atoms with E-state index in [4.69, 9.17) is 10.5 Å². The van der Waals surface area contributed by atoms with Gasteiger partial charge in [0, 0.05) is 19.3 Å². The van der Waals surface area contributed by atoms with Gasteiger partial charge in [-0.25, -0.2) is 9.78 Å². The fourth-order valence-electron chi connectivity index (χ4n) is 1.82. The summed E-state index contributed by atoms with van der Waals surface area (Å²) in [6.45, 7) is 3.94. The summed E-state index contributed by atoms with van der Waals surface area (Å²) in [7, 11) is 0. The second-order valence-corrected chi connectivity index (χ2v) is 3.88. The average molecular weight is 236 g/mol. The number of nitrogens with two attached hydrogens (primary N) is 1. The van der Waals surface area contributed by atoms with Crippen molar-refractivity contribution in [2.24, 2.45) is 0 Å². The van der Waals surface area contributed by atoms with E-state index in [1.165, 1.54) is 6.20 Å². The van der Waals surface area contributed by atoms with Gasteiger partial charge in [-0.05, 0) is 19.8 Å². The number of hydrogen-bond donors (Lipinski definition) is 1. The Morgan fingerprint density at radius 1 is 1.53 bits per heavy atom. The highest BCUT2D eigenvalue weighted by atomic mass is 16.5. The van der Waals surface area contributed by atoms with E-state index in [1.807, 2.05) is 0 Å². The minimum atomic E-state index is -0.474. The topological polar surface area (TPSA) is 81.3 Å². The third kappa shape index (κ3) is 2.46. The lowest BCUT2D eigenvalue weighted by Gasteiger charge is -2.15. The van der Waals surface area contributed by atoms with Crippen molar-refractivity contribution in [1.29, 1.82) is 0 Å². The zero-order valence-corrected chi connectivity index (χ0v) is 9.85. The lowest BCUT2D eigenvalue weighted by molar-refractivity contribution is 0.0527. The van der Waals surface area contributed by atoms with Crippen molar-refractivity contribution < 1.29 is 9.53 Å². The number of anilines is 2. The number of hydrogen-bond acceptors (Lipinski definition) is 6. The highest BCUT2D eigenvalue weighted by Gasteiger charge is 2.18. The second-order valence-electron chi connectivity index (χ2n) is 3.88. The molecule has 0 radical (unpaired) electrons. The molecule has 0 bridgehead atoms. The van der Waals surface area contributed by atoms with Gasteiger partial charge in [0.1, 0.15) is 11.4 Å². The van der Waals surface area contributed by atoms with Gasteiger partial charge < -0.3 is 15.4 Å². The number of nitrogen functional groups attached to an aromatic ring is 1. The lowest BCUT2D eigenvalue weighted by Crippen LogP contribution is -2.22. The molecule has 0 unspecified atom stereocenters. The number of carbonyl (C=O) groups excluding carboxylic acids is 1. The Hall–Kier alpha value is -1.85. The molecule has 1 fully saturated rings. The minimum absolute atomic E-state index is 0.181. The molecule has 1 aliphatic heterocycles. The monoisotopic (exact) mass is 236 g/mol. The largest absolute Gasteiger partial charge is 0.462 e. The van der Waals surface area contributed by atoms with Crippen LogP contribution in [-0.4, -0.2) is 35.6 Å². The van der Waals surface area contributed by atoms with Gasteiger partial charge in [-0.2, -0.15) is 4.98 Å². The Bertz CT molecular complexity index is 416. The van der Waals surface area contributed by atoms with Gasteiger partial charge in [-0.15, -0.1) is 0 Å². The summed E-state index contributed by atoms with van der Waals surface area (Å²) in [6, 6.07) is 0. The smallest absolute Gasteiger partial charge is 0.343 e. The van der Waals surface area contributed by atoms with Crippen LogP contribution in [0.15, 0.2) is 6.20 Å². The summed E-state index contributed by atoms with van der Waals surface area (Å²) in [4.78, 5) is 21.9. The van der Waals surface area contributed by atoms with Crippen molar-refractivity contribution in [3.63, 3.8) is 0 Å². The van der Waals surface area contributed by atoms with Crippen LogP contribution in [0.4, 0.5) is 11.8 Å². The van der Waals surface area contributed by atoms with Crippen molar-refractivity contribution in [1.82, 2.24) is 9.97 Å². The predicted octanol–water partition coefficient (Wildman–Crippen LogP) is 0.836. The van der Waals surface area contributed by atoms with E-state index in [2.05, 4.69) is 14.9 Å². The van der Waals surface area contributed by atoms with E-state index >= 15 is 0 Å². The maximum Gasteiger partial charge on any atom is 0.343 e. The summed E-state index contributed by atoms with van der Waals surface area (Å²) in [5.74, 6) is 0.298. The van der Waals surface area contributed by atoms with Crippen LogP contribution in [-0.2, 0) is 4.74 Å². The van der Waals surface area contributed by atoms with E-state index in [1.54, 1.807) is 6.92 Å². The quantitative estimate of drug-likeness (QED) is 0.783. The molecule has 17 heavy (non-hydrogen) atoms. The molecule has 1 aromatic heterocycles. The summed E-state index contributed by atoms with van der Waals surface area (Å²) >= 11 is 0. The third-order valence-electron chi connectivity index (χ3n) is 2.69. The van der Waals surface area contributed by atoms with Crippen LogP contribution < -0.4 is 10.6 Å². The van der Waals surface area contributed by atoms with E-state index in [-0.39, 0.29) is 11.4 Å². The molecule has 2 heterocycles. The Morgan fingerprint density at radius 2 is 2.24 bits per heavy atom. The van der Waals surface area contributed by atoms with Crippen molar-refractivity contribution >= 4 is 17.7 Å². The van der Waals surface area contributed by atoms with Gasteiger partial charge in [-0.3, -0.25) is 0 Å². The molecule has 0 aromatic carbocycles. The van der Waals surface area contributed by atoms with E-state index < -0.39 is 5.97 Å². The van der Waals surface area contributed by atoms with Gasteiger partial charge in [0.05, 0.1) is 6.61 Å². The molecule has 92 valence electrons. The van der Waals surface area contributed by atoms with E-state index in [9.17, 15) is 4.79 Å². The fourth-order valence-corrected chi connectivity index (χ4v) is 1.82. The molecule has 1 aromatic rings. The first kappa shape index (κ1) is 11.6. The minimum Gasteiger partial charge on any atom is -0.462 e. The zero-order valence-electron chi connectivity index (χ0n) is 9.85. The van der Waals surface area contributed by atoms with E-state index in [0.717, 1.165) is 25.9 Å². The molecule has 0 spiro atoms. The van der Waals surface area contributed by atoms with Gasteiger partial charge in [0.25, 0.3) is 0 Å². The van der Waals surface area contributed by atoms with Crippen molar-refractivity contribution in [2.45, 2.75) is 19.8 Å². The molecule has 2 N–H and O–H groups in total. The maximum atomic E-state index is 11.5. The van der Waals surface area contributed by atoms with Crippen LogP contribution in [0.5, 0.6) is 0 Å². The molecule has 1 saturated heterocycles. The Balaban J connectivity index is 2.19. The van der Waals surface area contributed by atoms with Gasteiger partial charge in [0.2, 0.25) is 5.95 Å². The Morgan fingerprint density at radius 3 is 2.82 bits per heavy atom. The van der Waals surface area contributed by atoms with Gasteiger partial charge in [0.15, 0.2) is 0 Å². The molecule has 2 rings (SSSR count). The number of aromatic nitrogens is 2. The Labute approximate surface area is 99.8 Å². The predicted molar refractivity (Wildman–Crippen MR) is 63.8 cm³/mol.